The molecule has 34 heavy (non-hydrogen) atoms. The fourth-order valence-electron chi connectivity index (χ4n) is 3.22. The van der Waals surface area contributed by atoms with Gasteiger partial charge in [-0.1, -0.05) is 48.0 Å². The number of carbonyl (C=O) groups is 3. The van der Waals surface area contributed by atoms with Gasteiger partial charge in [-0.05, 0) is 48.5 Å². The summed E-state index contributed by atoms with van der Waals surface area (Å²) in [5, 5.41) is 10.4. The van der Waals surface area contributed by atoms with Crippen LogP contribution in [0.15, 0.2) is 77.7 Å². The SMILES string of the molecule is Cc1ccc(C(=O)Oc2ccccc2/C=C2\SC(=O)N(Cc3ccc([N+](=O)[O-])cc3)C2=O)cc1. The molecule has 1 fully saturated rings. The van der Waals surface area contributed by atoms with E-state index in [2.05, 4.69) is 0 Å². The maximum absolute atomic E-state index is 12.9. The van der Waals surface area contributed by atoms with Gasteiger partial charge in [0.05, 0.1) is 21.9 Å². The van der Waals surface area contributed by atoms with E-state index in [-0.39, 0.29) is 22.9 Å². The number of imide groups is 1. The number of nitro groups is 1. The second kappa shape index (κ2) is 9.72. The Hall–Kier alpha value is -4.24. The van der Waals surface area contributed by atoms with Crippen molar-refractivity contribution in [1.82, 2.24) is 4.90 Å². The molecule has 1 aliphatic heterocycles. The molecule has 3 aromatic rings. The standard InChI is InChI=1S/C25H18N2O6S/c1-16-6-10-18(11-7-16)24(29)33-21-5-3-2-4-19(21)14-22-23(28)26(25(30)34-22)15-17-8-12-20(13-9-17)27(31)32/h2-14H,15H2,1H3/b22-14-. The molecule has 1 heterocycles. The van der Waals surface area contributed by atoms with Crippen LogP contribution in [0.4, 0.5) is 10.5 Å². The molecule has 0 saturated carbocycles. The lowest BCUT2D eigenvalue weighted by atomic mass is 10.1. The molecule has 1 aliphatic rings. The van der Waals surface area contributed by atoms with Crippen LogP contribution >= 0.6 is 11.8 Å². The number of nitro benzene ring substituents is 1. The zero-order chi connectivity index (χ0) is 24.2. The molecule has 2 amide bonds. The summed E-state index contributed by atoms with van der Waals surface area (Å²) in [6, 6.07) is 19.3. The number of non-ortho nitro benzene ring substituents is 1. The van der Waals surface area contributed by atoms with Crippen molar-refractivity contribution in [2.24, 2.45) is 0 Å². The highest BCUT2D eigenvalue weighted by Gasteiger charge is 2.35. The molecule has 0 bridgehead atoms. The van der Waals surface area contributed by atoms with Crippen molar-refractivity contribution in [3.8, 4) is 5.75 Å². The van der Waals surface area contributed by atoms with Crippen LogP contribution in [-0.4, -0.2) is 26.9 Å². The maximum Gasteiger partial charge on any atom is 0.343 e. The number of rotatable bonds is 6. The van der Waals surface area contributed by atoms with E-state index in [1.165, 1.54) is 30.3 Å². The minimum absolute atomic E-state index is 0.00986. The number of esters is 1. The first kappa shape index (κ1) is 22.9. The predicted molar refractivity (Wildman–Crippen MR) is 127 cm³/mol. The Kier molecular flexibility index (Phi) is 6.55. The van der Waals surface area contributed by atoms with Crippen LogP contribution in [-0.2, 0) is 11.3 Å². The largest absolute Gasteiger partial charge is 0.422 e. The molecule has 0 spiro atoms. The molecule has 4 rings (SSSR count). The summed E-state index contributed by atoms with van der Waals surface area (Å²) >= 11 is 0.779. The van der Waals surface area contributed by atoms with Gasteiger partial charge in [-0.15, -0.1) is 0 Å². The van der Waals surface area contributed by atoms with Crippen molar-refractivity contribution in [3.63, 3.8) is 0 Å². The molecule has 0 unspecified atom stereocenters. The summed E-state index contributed by atoms with van der Waals surface area (Å²) in [6.07, 6.45) is 1.51. The van der Waals surface area contributed by atoms with Crippen molar-refractivity contribution in [1.29, 1.82) is 0 Å². The van der Waals surface area contributed by atoms with Gasteiger partial charge < -0.3 is 4.74 Å². The number of hydrogen-bond acceptors (Lipinski definition) is 7. The molecular weight excluding hydrogens is 456 g/mol. The fraction of sp³-hybridized carbons (Fsp3) is 0.0800. The highest BCUT2D eigenvalue weighted by atomic mass is 32.2. The molecule has 0 aromatic heterocycles. The molecule has 3 aromatic carbocycles. The Morgan fingerprint density at radius 1 is 1.03 bits per heavy atom. The van der Waals surface area contributed by atoms with Gasteiger partial charge in [0, 0.05) is 17.7 Å². The lowest BCUT2D eigenvalue weighted by Gasteiger charge is -2.12. The molecule has 0 N–H and O–H groups in total. The third-order valence-corrected chi connectivity index (χ3v) is 5.96. The van der Waals surface area contributed by atoms with Crippen LogP contribution in [0.25, 0.3) is 6.08 Å². The molecule has 0 aliphatic carbocycles. The van der Waals surface area contributed by atoms with Gasteiger partial charge in [0.2, 0.25) is 0 Å². The van der Waals surface area contributed by atoms with Crippen molar-refractivity contribution >= 4 is 40.6 Å². The highest BCUT2D eigenvalue weighted by Crippen LogP contribution is 2.35. The van der Waals surface area contributed by atoms with Gasteiger partial charge in [-0.2, -0.15) is 0 Å². The first-order valence-electron chi connectivity index (χ1n) is 10.2. The molecule has 0 radical (unpaired) electrons. The lowest BCUT2D eigenvalue weighted by molar-refractivity contribution is -0.384. The van der Waals surface area contributed by atoms with Crippen molar-refractivity contribution in [2.75, 3.05) is 0 Å². The molecular formula is C25H18N2O6S. The van der Waals surface area contributed by atoms with Gasteiger partial charge in [0.15, 0.2) is 0 Å². The average Bonchev–Trinajstić information content (AvgIpc) is 3.08. The Balaban J connectivity index is 1.52. The number of hydrogen-bond donors (Lipinski definition) is 0. The number of amides is 2. The van der Waals surface area contributed by atoms with Crippen molar-refractivity contribution < 1.29 is 24.0 Å². The van der Waals surface area contributed by atoms with Crippen LogP contribution in [0.1, 0.15) is 27.0 Å². The first-order chi connectivity index (χ1) is 16.3. The molecule has 1 saturated heterocycles. The van der Waals surface area contributed by atoms with Gasteiger partial charge in [-0.3, -0.25) is 24.6 Å². The molecule has 9 heteroatoms. The maximum atomic E-state index is 12.9. The predicted octanol–water partition coefficient (Wildman–Crippen LogP) is 5.36. The van der Waals surface area contributed by atoms with Crippen molar-refractivity contribution in [2.45, 2.75) is 13.5 Å². The van der Waals surface area contributed by atoms with Gasteiger partial charge in [0.1, 0.15) is 5.75 Å². The monoisotopic (exact) mass is 474 g/mol. The Morgan fingerprint density at radius 3 is 2.38 bits per heavy atom. The van der Waals surface area contributed by atoms with Gasteiger partial charge >= 0.3 is 5.97 Å². The number of carbonyl (C=O) groups excluding carboxylic acids is 3. The number of benzene rings is 3. The number of thioether (sulfide) groups is 1. The molecule has 170 valence electrons. The highest BCUT2D eigenvalue weighted by molar-refractivity contribution is 8.18. The quantitative estimate of drug-likeness (QED) is 0.156. The number of aryl methyl sites for hydroxylation is 1. The molecule has 0 atom stereocenters. The Morgan fingerprint density at radius 2 is 1.71 bits per heavy atom. The van der Waals surface area contributed by atoms with E-state index >= 15 is 0 Å². The second-order valence-corrected chi connectivity index (χ2v) is 8.48. The normalized spacial score (nSPS) is 14.5. The van der Waals surface area contributed by atoms with Gasteiger partial charge in [-0.25, -0.2) is 4.79 Å². The fourth-order valence-corrected chi connectivity index (χ4v) is 4.05. The Labute approximate surface area is 199 Å². The number of ether oxygens (including phenoxy) is 1. The van der Waals surface area contributed by atoms with E-state index in [1.54, 1.807) is 36.4 Å². The van der Waals surface area contributed by atoms with Gasteiger partial charge in [0.25, 0.3) is 16.8 Å². The number of nitrogens with zero attached hydrogens (tertiary/aromatic N) is 2. The topological polar surface area (TPSA) is 107 Å². The Bertz CT molecular complexity index is 1320. The summed E-state index contributed by atoms with van der Waals surface area (Å²) in [6.45, 7) is 1.91. The second-order valence-electron chi connectivity index (χ2n) is 7.48. The first-order valence-corrected chi connectivity index (χ1v) is 11.0. The van der Waals surface area contributed by atoms with E-state index < -0.39 is 22.0 Å². The zero-order valence-electron chi connectivity index (χ0n) is 18.0. The van der Waals surface area contributed by atoms with E-state index in [9.17, 15) is 24.5 Å². The minimum atomic E-state index is -0.535. The van der Waals surface area contributed by atoms with Crippen LogP contribution in [0.5, 0.6) is 5.75 Å². The van der Waals surface area contributed by atoms with Crippen LogP contribution in [0, 0.1) is 17.0 Å². The number of para-hydroxylation sites is 1. The summed E-state index contributed by atoms with van der Waals surface area (Å²) < 4.78 is 5.54. The van der Waals surface area contributed by atoms with E-state index in [0.717, 1.165) is 22.2 Å². The zero-order valence-corrected chi connectivity index (χ0v) is 18.8. The summed E-state index contributed by atoms with van der Waals surface area (Å²) in [5.41, 5.74) is 2.39. The van der Waals surface area contributed by atoms with E-state index in [4.69, 9.17) is 4.74 Å². The third-order valence-electron chi connectivity index (χ3n) is 5.06. The summed E-state index contributed by atoms with van der Waals surface area (Å²) in [7, 11) is 0. The van der Waals surface area contributed by atoms with E-state index in [1.807, 2.05) is 19.1 Å². The van der Waals surface area contributed by atoms with Crippen molar-refractivity contribution in [3.05, 3.63) is 110 Å². The van der Waals surface area contributed by atoms with E-state index in [0.29, 0.717) is 16.7 Å². The minimum Gasteiger partial charge on any atom is -0.422 e. The van der Waals surface area contributed by atoms with Crippen LogP contribution in [0.2, 0.25) is 0 Å². The summed E-state index contributed by atoms with van der Waals surface area (Å²) in [5.74, 6) is -0.768. The van der Waals surface area contributed by atoms with Crippen LogP contribution < -0.4 is 4.74 Å². The smallest absolute Gasteiger partial charge is 0.343 e. The lowest BCUT2D eigenvalue weighted by Crippen LogP contribution is -2.27. The molecule has 8 nitrogen and oxygen atoms in total. The third kappa shape index (κ3) is 5.05. The average molecular weight is 474 g/mol. The van der Waals surface area contributed by atoms with Crippen LogP contribution in [0.3, 0.4) is 0 Å². The summed E-state index contributed by atoms with van der Waals surface area (Å²) in [4.78, 5) is 49.4.